The third-order valence-corrected chi connectivity index (χ3v) is 4.92. The summed E-state index contributed by atoms with van der Waals surface area (Å²) in [6, 6.07) is 0. The van der Waals surface area contributed by atoms with Crippen LogP contribution in [0.25, 0.3) is 0 Å². The van der Waals surface area contributed by atoms with E-state index < -0.39 is 0 Å². The van der Waals surface area contributed by atoms with Crippen LogP contribution in [0.15, 0.2) is 0 Å². The van der Waals surface area contributed by atoms with E-state index in [1.807, 2.05) is 6.92 Å². The summed E-state index contributed by atoms with van der Waals surface area (Å²) in [5, 5.41) is 9.46. The first kappa shape index (κ1) is 18.1. The second-order valence-electron chi connectivity index (χ2n) is 7.16. The minimum absolute atomic E-state index is 0.195. The molecule has 1 unspecified atom stereocenters. The maximum atomic E-state index is 9.46. The number of morpholine rings is 1. The summed E-state index contributed by atoms with van der Waals surface area (Å²) in [4.78, 5) is 7.43. The molecule has 1 atom stereocenters. The van der Waals surface area contributed by atoms with Gasteiger partial charge in [-0.3, -0.25) is 4.90 Å². The molecule has 0 aromatic heterocycles. The molecule has 5 nitrogen and oxygen atoms in total. The maximum absolute atomic E-state index is 9.46. The zero-order valence-corrected chi connectivity index (χ0v) is 14.5. The van der Waals surface area contributed by atoms with Crippen molar-refractivity contribution in [2.75, 3.05) is 72.6 Å². The Bertz CT molecular complexity index is 288. The number of β-amino-alcohol motifs (C(OH)–C–C–N with tert-alkyl or cyclic N) is 1. The maximum Gasteiger partial charge on any atom is 0.0639 e. The van der Waals surface area contributed by atoms with Crippen molar-refractivity contribution in [1.29, 1.82) is 0 Å². The molecule has 0 spiro atoms. The standard InChI is InChI=1S/C17H35N3O2/c1-16(21)14-20-8-4-17(5-9-20)15-18(2)6-3-7-19-10-12-22-13-11-19/h16-17,21H,3-15H2,1-2H3. The van der Waals surface area contributed by atoms with Crippen molar-refractivity contribution in [2.24, 2.45) is 5.92 Å². The highest BCUT2D eigenvalue weighted by molar-refractivity contribution is 4.75. The summed E-state index contributed by atoms with van der Waals surface area (Å²) >= 11 is 0. The van der Waals surface area contributed by atoms with Gasteiger partial charge in [-0.1, -0.05) is 0 Å². The number of rotatable bonds is 8. The predicted molar refractivity (Wildman–Crippen MR) is 90.2 cm³/mol. The molecule has 130 valence electrons. The lowest BCUT2D eigenvalue weighted by Gasteiger charge is -2.34. The molecular formula is C17H35N3O2. The lowest BCUT2D eigenvalue weighted by molar-refractivity contribution is 0.0360. The van der Waals surface area contributed by atoms with Crippen LogP contribution in [0.5, 0.6) is 0 Å². The molecule has 2 aliphatic heterocycles. The molecule has 0 bridgehead atoms. The van der Waals surface area contributed by atoms with E-state index in [4.69, 9.17) is 4.74 Å². The summed E-state index contributed by atoms with van der Waals surface area (Å²) < 4.78 is 5.39. The first-order valence-corrected chi connectivity index (χ1v) is 9.02. The molecule has 0 amide bonds. The van der Waals surface area contributed by atoms with Crippen LogP contribution in [-0.4, -0.2) is 98.5 Å². The van der Waals surface area contributed by atoms with Gasteiger partial charge in [-0.2, -0.15) is 0 Å². The van der Waals surface area contributed by atoms with Gasteiger partial charge in [0.25, 0.3) is 0 Å². The molecular weight excluding hydrogens is 278 g/mol. The average molecular weight is 313 g/mol. The lowest BCUT2D eigenvalue weighted by Crippen LogP contribution is -2.41. The van der Waals surface area contributed by atoms with Crippen LogP contribution in [0.1, 0.15) is 26.2 Å². The molecule has 2 aliphatic rings. The Morgan fingerprint density at radius 1 is 1.14 bits per heavy atom. The number of nitrogens with zero attached hydrogens (tertiary/aromatic N) is 3. The van der Waals surface area contributed by atoms with Crippen LogP contribution in [0.2, 0.25) is 0 Å². The molecule has 1 N–H and O–H groups in total. The van der Waals surface area contributed by atoms with E-state index in [1.165, 1.54) is 38.9 Å². The molecule has 0 aromatic carbocycles. The van der Waals surface area contributed by atoms with Crippen molar-refractivity contribution in [2.45, 2.75) is 32.3 Å². The fourth-order valence-corrected chi connectivity index (χ4v) is 3.65. The minimum atomic E-state index is -0.195. The van der Waals surface area contributed by atoms with Crippen molar-refractivity contribution in [3.8, 4) is 0 Å². The van der Waals surface area contributed by atoms with Gasteiger partial charge in [-0.25, -0.2) is 0 Å². The van der Waals surface area contributed by atoms with Gasteiger partial charge >= 0.3 is 0 Å². The number of hydrogen-bond donors (Lipinski definition) is 1. The van der Waals surface area contributed by atoms with Gasteiger partial charge in [0.15, 0.2) is 0 Å². The van der Waals surface area contributed by atoms with Crippen molar-refractivity contribution in [3.63, 3.8) is 0 Å². The van der Waals surface area contributed by atoms with Crippen LogP contribution < -0.4 is 0 Å². The Morgan fingerprint density at radius 2 is 1.82 bits per heavy atom. The predicted octanol–water partition coefficient (Wildman–Crippen LogP) is 0.733. The Hall–Kier alpha value is -0.200. The SMILES string of the molecule is CC(O)CN1CCC(CN(C)CCCN2CCOCC2)CC1. The summed E-state index contributed by atoms with van der Waals surface area (Å²) in [6.07, 6.45) is 3.62. The van der Waals surface area contributed by atoms with E-state index in [-0.39, 0.29) is 6.10 Å². The van der Waals surface area contributed by atoms with Gasteiger partial charge in [0.05, 0.1) is 19.3 Å². The minimum Gasteiger partial charge on any atom is -0.392 e. The van der Waals surface area contributed by atoms with Crippen LogP contribution in [0.3, 0.4) is 0 Å². The highest BCUT2D eigenvalue weighted by Crippen LogP contribution is 2.18. The third-order valence-electron chi connectivity index (χ3n) is 4.92. The summed E-state index contributed by atoms with van der Waals surface area (Å²) in [7, 11) is 2.27. The number of likely N-dealkylation sites (tertiary alicyclic amines) is 1. The monoisotopic (exact) mass is 313 g/mol. The topological polar surface area (TPSA) is 39.2 Å². The highest BCUT2D eigenvalue weighted by Gasteiger charge is 2.21. The molecule has 0 aromatic rings. The summed E-state index contributed by atoms with van der Waals surface area (Å²) in [5.41, 5.74) is 0. The van der Waals surface area contributed by atoms with Gasteiger partial charge < -0.3 is 19.6 Å². The largest absolute Gasteiger partial charge is 0.392 e. The van der Waals surface area contributed by atoms with Crippen molar-refractivity contribution >= 4 is 0 Å². The molecule has 0 radical (unpaired) electrons. The number of hydrogen-bond acceptors (Lipinski definition) is 5. The van der Waals surface area contributed by atoms with Crippen molar-refractivity contribution in [1.82, 2.24) is 14.7 Å². The molecule has 5 heteroatoms. The van der Waals surface area contributed by atoms with E-state index in [0.717, 1.165) is 51.9 Å². The van der Waals surface area contributed by atoms with Crippen molar-refractivity contribution < 1.29 is 9.84 Å². The van der Waals surface area contributed by atoms with Crippen LogP contribution >= 0.6 is 0 Å². The number of aliphatic hydroxyl groups excluding tert-OH is 1. The molecule has 2 heterocycles. The Balaban J connectivity index is 1.53. The second-order valence-corrected chi connectivity index (χ2v) is 7.16. The normalized spacial score (nSPS) is 24.0. The summed E-state index contributed by atoms with van der Waals surface area (Å²) in [6.45, 7) is 12.7. The van der Waals surface area contributed by atoms with E-state index in [1.54, 1.807) is 0 Å². The molecule has 0 saturated carbocycles. The lowest BCUT2D eigenvalue weighted by atomic mass is 9.96. The van der Waals surface area contributed by atoms with Gasteiger partial charge in [-0.05, 0) is 65.3 Å². The van der Waals surface area contributed by atoms with E-state index in [2.05, 4.69) is 21.7 Å². The van der Waals surface area contributed by atoms with Gasteiger partial charge in [-0.15, -0.1) is 0 Å². The third kappa shape index (κ3) is 6.92. The number of ether oxygens (including phenoxy) is 1. The number of piperidine rings is 1. The Morgan fingerprint density at radius 3 is 2.45 bits per heavy atom. The van der Waals surface area contributed by atoms with Crippen LogP contribution in [-0.2, 0) is 4.74 Å². The van der Waals surface area contributed by atoms with E-state index in [0.29, 0.717) is 0 Å². The van der Waals surface area contributed by atoms with Crippen LogP contribution in [0, 0.1) is 5.92 Å². The van der Waals surface area contributed by atoms with Crippen LogP contribution in [0.4, 0.5) is 0 Å². The fourth-order valence-electron chi connectivity index (χ4n) is 3.65. The highest BCUT2D eigenvalue weighted by atomic mass is 16.5. The van der Waals surface area contributed by atoms with E-state index in [9.17, 15) is 5.11 Å². The van der Waals surface area contributed by atoms with Gasteiger partial charge in [0.1, 0.15) is 0 Å². The zero-order chi connectivity index (χ0) is 15.8. The van der Waals surface area contributed by atoms with Gasteiger partial charge in [0, 0.05) is 26.2 Å². The average Bonchev–Trinajstić information content (AvgIpc) is 2.50. The van der Waals surface area contributed by atoms with Crippen molar-refractivity contribution in [3.05, 3.63) is 0 Å². The fraction of sp³-hybridized carbons (Fsp3) is 1.00. The number of aliphatic hydroxyl groups is 1. The molecule has 2 saturated heterocycles. The molecule has 22 heavy (non-hydrogen) atoms. The first-order chi connectivity index (χ1) is 10.6. The zero-order valence-electron chi connectivity index (χ0n) is 14.5. The molecule has 0 aliphatic carbocycles. The Kier molecular flexibility index (Phi) is 8.11. The Labute approximate surface area is 136 Å². The molecule has 2 rings (SSSR count). The summed E-state index contributed by atoms with van der Waals surface area (Å²) in [5.74, 6) is 0.832. The smallest absolute Gasteiger partial charge is 0.0639 e. The molecule has 2 fully saturated rings. The second kappa shape index (κ2) is 9.83. The van der Waals surface area contributed by atoms with E-state index >= 15 is 0 Å². The first-order valence-electron chi connectivity index (χ1n) is 9.02. The quantitative estimate of drug-likeness (QED) is 0.715. The van der Waals surface area contributed by atoms with Gasteiger partial charge in [0.2, 0.25) is 0 Å².